The SMILES string of the molecule is C[C@@H]1CN([C@@H](C)CO)C(=O)c2cc(NS(=O)(=O)c3ccccc3)ccc2O[C@@H](C)CCCCO[C@H]1CN(C)C(=O)CCCN(C)C. The third-order valence-corrected chi connectivity index (χ3v) is 9.63. The summed E-state index contributed by atoms with van der Waals surface area (Å²) in [6, 6.07) is 12.2. The molecule has 2 N–H and O–H groups in total. The van der Waals surface area contributed by atoms with Gasteiger partial charge >= 0.3 is 0 Å². The largest absolute Gasteiger partial charge is 0.490 e. The molecule has 0 saturated carbocycles. The average molecular weight is 661 g/mol. The van der Waals surface area contributed by atoms with E-state index in [9.17, 15) is 23.1 Å². The molecule has 2 aromatic rings. The summed E-state index contributed by atoms with van der Waals surface area (Å²) in [6.07, 6.45) is 3.01. The number of hydrogen-bond acceptors (Lipinski definition) is 8. The van der Waals surface area contributed by atoms with E-state index in [0.29, 0.717) is 25.3 Å². The quantitative estimate of drug-likeness (QED) is 0.369. The number of ether oxygens (including phenoxy) is 2. The van der Waals surface area contributed by atoms with Gasteiger partial charge < -0.3 is 29.3 Å². The van der Waals surface area contributed by atoms with Gasteiger partial charge in [0.25, 0.3) is 15.9 Å². The molecule has 3 rings (SSSR count). The van der Waals surface area contributed by atoms with Gasteiger partial charge in [0.2, 0.25) is 5.91 Å². The number of nitrogens with one attached hydrogen (secondary N) is 1. The van der Waals surface area contributed by atoms with Gasteiger partial charge in [0, 0.05) is 44.8 Å². The van der Waals surface area contributed by atoms with Crippen molar-refractivity contribution in [2.75, 3.05) is 58.7 Å². The molecule has 46 heavy (non-hydrogen) atoms. The molecule has 0 saturated heterocycles. The highest BCUT2D eigenvalue weighted by Gasteiger charge is 2.31. The van der Waals surface area contributed by atoms with Crippen LogP contribution in [0.5, 0.6) is 5.75 Å². The first kappa shape index (κ1) is 37.3. The van der Waals surface area contributed by atoms with E-state index in [1.54, 1.807) is 54.1 Å². The Morgan fingerprint density at radius 2 is 1.83 bits per heavy atom. The van der Waals surface area contributed by atoms with Crippen LogP contribution in [-0.4, -0.2) is 112 Å². The van der Waals surface area contributed by atoms with E-state index in [1.165, 1.54) is 18.2 Å². The van der Waals surface area contributed by atoms with E-state index in [-0.39, 0.29) is 53.3 Å². The molecule has 0 unspecified atom stereocenters. The van der Waals surface area contributed by atoms with Crippen molar-refractivity contribution in [3.8, 4) is 5.75 Å². The molecule has 0 radical (unpaired) electrons. The Morgan fingerprint density at radius 3 is 2.50 bits per heavy atom. The number of nitrogens with zero attached hydrogens (tertiary/aromatic N) is 3. The molecule has 0 spiro atoms. The summed E-state index contributed by atoms with van der Waals surface area (Å²) in [5.41, 5.74) is 0.406. The van der Waals surface area contributed by atoms with Crippen molar-refractivity contribution in [3.05, 3.63) is 54.1 Å². The summed E-state index contributed by atoms with van der Waals surface area (Å²) >= 11 is 0. The number of rotatable bonds is 11. The Kier molecular flexibility index (Phi) is 14.3. The summed E-state index contributed by atoms with van der Waals surface area (Å²) in [6.45, 7) is 7.34. The summed E-state index contributed by atoms with van der Waals surface area (Å²) in [7, 11) is 1.84. The van der Waals surface area contributed by atoms with Crippen molar-refractivity contribution < 1.29 is 32.6 Å². The maximum atomic E-state index is 14.3. The second-order valence-corrected chi connectivity index (χ2v) is 14.3. The number of hydrogen-bond donors (Lipinski definition) is 2. The van der Waals surface area contributed by atoms with Gasteiger partial charge in [-0.3, -0.25) is 14.3 Å². The molecule has 0 aromatic heterocycles. The molecule has 0 fully saturated rings. The third kappa shape index (κ3) is 11.0. The lowest BCUT2D eigenvalue weighted by atomic mass is 10.0. The Bertz CT molecular complexity index is 1370. The van der Waals surface area contributed by atoms with Gasteiger partial charge in [-0.1, -0.05) is 25.1 Å². The summed E-state index contributed by atoms with van der Waals surface area (Å²) < 4.78 is 41.4. The first-order valence-corrected chi connectivity index (χ1v) is 17.6. The van der Waals surface area contributed by atoms with Crippen molar-refractivity contribution in [2.24, 2.45) is 5.92 Å². The molecular formula is C34H52N4O7S. The highest BCUT2D eigenvalue weighted by molar-refractivity contribution is 7.92. The van der Waals surface area contributed by atoms with Crippen LogP contribution in [0.1, 0.15) is 63.2 Å². The van der Waals surface area contributed by atoms with Crippen molar-refractivity contribution in [3.63, 3.8) is 0 Å². The number of amides is 2. The van der Waals surface area contributed by atoms with Crippen LogP contribution in [0, 0.1) is 5.92 Å². The molecule has 12 heteroatoms. The number of fused-ring (bicyclic) bond motifs is 1. The highest BCUT2D eigenvalue weighted by Crippen LogP contribution is 2.29. The van der Waals surface area contributed by atoms with Crippen molar-refractivity contribution in [1.29, 1.82) is 0 Å². The van der Waals surface area contributed by atoms with Gasteiger partial charge in [-0.15, -0.1) is 0 Å². The Labute approximate surface area is 274 Å². The lowest BCUT2D eigenvalue weighted by Crippen LogP contribution is -2.48. The third-order valence-electron chi connectivity index (χ3n) is 8.23. The van der Waals surface area contributed by atoms with Gasteiger partial charge in [0.05, 0.1) is 35.3 Å². The summed E-state index contributed by atoms with van der Waals surface area (Å²) in [4.78, 5) is 32.7. The maximum absolute atomic E-state index is 14.3. The molecule has 2 aromatic carbocycles. The van der Waals surface area contributed by atoms with Gasteiger partial charge in [0.15, 0.2) is 0 Å². The number of anilines is 1. The van der Waals surface area contributed by atoms with E-state index in [0.717, 1.165) is 32.2 Å². The molecule has 256 valence electrons. The number of sulfonamides is 1. The predicted octanol–water partition coefficient (Wildman–Crippen LogP) is 4.08. The fraction of sp³-hybridized carbons (Fsp3) is 0.588. The lowest BCUT2D eigenvalue weighted by Gasteiger charge is -2.36. The van der Waals surface area contributed by atoms with Crippen molar-refractivity contribution in [1.82, 2.24) is 14.7 Å². The Hall–Kier alpha value is -3.19. The fourth-order valence-corrected chi connectivity index (χ4v) is 6.44. The zero-order chi connectivity index (χ0) is 33.9. The topological polar surface area (TPSA) is 129 Å². The normalized spacial score (nSPS) is 20.7. The minimum absolute atomic E-state index is 0.0408. The molecule has 2 amide bonds. The fourth-order valence-electron chi connectivity index (χ4n) is 5.37. The van der Waals surface area contributed by atoms with Crippen LogP contribution in [-0.2, 0) is 19.6 Å². The minimum atomic E-state index is -3.90. The molecule has 1 heterocycles. The van der Waals surface area contributed by atoms with Crippen molar-refractivity contribution in [2.45, 2.75) is 76.0 Å². The number of benzene rings is 2. The van der Waals surface area contributed by atoms with Crippen LogP contribution in [0.3, 0.4) is 0 Å². The molecular weight excluding hydrogens is 608 g/mol. The molecule has 4 atom stereocenters. The summed E-state index contributed by atoms with van der Waals surface area (Å²) in [5, 5.41) is 10.2. The number of carbonyl (C=O) groups excluding carboxylic acids is 2. The van der Waals surface area contributed by atoms with Gasteiger partial charge in [-0.25, -0.2) is 8.42 Å². The smallest absolute Gasteiger partial charge is 0.261 e. The number of likely N-dealkylation sites (N-methyl/N-ethyl adjacent to an activating group) is 1. The van der Waals surface area contributed by atoms with Crippen LogP contribution in [0.15, 0.2) is 53.4 Å². The van der Waals surface area contributed by atoms with Crippen LogP contribution in [0.2, 0.25) is 0 Å². The highest BCUT2D eigenvalue weighted by atomic mass is 32.2. The van der Waals surface area contributed by atoms with E-state index < -0.39 is 22.0 Å². The second-order valence-electron chi connectivity index (χ2n) is 12.6. The number of carbonyl (C=O) groups is 2. The van der Waals surface area contributed by atoms with Crippen LogP contribution >= 0.6 is 0 Å². The van der Waals surface area contributed by atoms with Gasteiger partial charge in [-0.2, -0.15) is 0 Å². The molecule has 1 aliphatic rings. The number of aliphatic hydroxyl groups is 1. The second kappa shape index (κ2) is 17.7. The standard InChI is InChI=1S/C34H52N4O7S/c1-25-22-38(26(2)24-39)34(41)30-21-28(35-46(42,43)29-14-8-7-9-15-29)17-18-31(30)45-27(3)13-10-11-20-44-32(25)23-37(6)33(40)16-12-19-36(4)5/h7-9,14-15,17-18,21,25-27,32,35,39H,10-13,16,19-20,22-24H2,1-6H3/t25-,26+,27+,32+/m1/s1. The predicted molar refractivity (Wildman–Crippen MR) is 180 cm³/mol. The molecule has 11 nitrogen and oxygen atoms in total. The Morgan fingerprint density at radius 1 is 1.11 bits per heavy atom. The lowest BCUT2D eigenvalue weighted by molar-refractivity contribution is -0.132. The van der Waals surface area contributed by atoms with Crippen molar-refractivity contribution >= 4 is 27.5 Å². The van der Waals surface area contributed by atoms with Crippen LogP contribution < -0.4 is 9.46 Å². The summed E-state index contributed by atoms with van der Waals surface area (Å²) in [5.74, 6) is -0.212. The zero-order valence-corrected chi connectivity index (χ0v) is 29.0. The van der Waals surface area contributed by atoms with E-state index >= 15 is 0 Å². The molecule has 0 aliphatic carbocycles. The van der Waals surface area contributed by atoms with E-state index in [2.05, 4.69) is 9.62 Å². The Balaban J connectivity index is 1.93. The average Bonchev–Trinajstić information content (AvgIpc) is 3.02. The molecule has 0 bridgehead atoms. The molecule has 1 aliphatic heterocycles. The first-order chi connectivity index (χ1) is 21.8. The maximum Gasteiger partial charge on any atom is 0.261 e. The monoisotopic (exact) mass is 660 g/mol. The van der Waals surface area contributed by atoms with Crippen LogP contribution in [0.4, 0.5) is 5.69 Å². The van der Waals surface area contributed by atoms with E-state index in [4.69, 9.17) is 9.47 Å². The van der Waals surface area contributed by atoms with Gasteiger partial charge in [-0.05, 0) is 90.5 Å². The minimum Gasteiger partial charge on any atom is -0.490 e. The first-order valence-electron chi connectivity index (χ1n) is 16.1. The van der Waals surface area contributed by atoms with Crippen LogP contribution in [0.25, 0.3) is 0 Å². The number of aliphatic hydroxyl groups excluding tert-OH is 1. The zero-order valence-electron chi connectivity index (χ0n) is 28.1. The van der Waals surface area contributed by atoms with Gasteiger partial charge in [0.1, 0.15) is 5.75 Å². The van der Waals surface area contributed by atoms with E-state index in [1.807, 2.05) is 27.9 Å².